The Morgan fingerprint density at radius 3 is 2.09 bits per heavy atom. The molecule has 0 unspecified atom stereocenters. The highest BCUT2D eigenvalue weighted by Gasteiger charge is 2.08. The molecular formula is C19H23NO3. The molecule has 2 rings (SSSR count). The number of hydrogen-bond donors (Lipinski definition) is 1. The van der Waals surface area contributed by atoms with Crippen LogP contribution in [-0.4, -0.2) is 19.1 Å². The van der Waals surface area contributed by atoms with Gasteiger partial charge in [-0.1, -0.05) is 25.1 Å². The van der Waals surface area contributed by atoms with Crippen molar-refractivity contribution >= 4 is 11.6 Å². The van der Waals surface area contributed by atoms with Crippen molar-refractivity contribution in [1.82, 2.24) is 0 Å². The Morgan fingerprint density at radius 2 is 1.52 bits per heavy atom. The van der Waals surface area contributed by atoms with Crippen molar-refractivity contribution in [1.29, 1.82) is 0 Å². The Balaban J connectivity index is 1.87. The average molecular weight is 313 g/mol. The van der Waals surface area contributed by atoms with Crippen LogP contribution < -0.4 is 14.8 Å². The third-order valence-electron chi connectivity index (χ3n) is 3.41. The lowest BCUT2D eigenvalue weighted by Gasteiger charge is -2.12. The van der Waals surface area contributed by atoms with E-state index in [9.17, 15) is 4.79 Å². The highest BCUT2D eigenvalue weighted by molar-refractivity contribution is 5.93. The fraction of sp³-hybridized carbons (Fsp3) is 0.316. The van der Waals surface area contributed by atoms with Crippen molar-refractivity contribution in [2.24, 2.45) is 0 Å². The quantitative estimate of drug-likeness (QED) is 0.837. The molecule has 0 aromatic heterocycles. The van der Waals surface area contributed by atoms with Gasteiger partial charge in [-0.2, -0.15) is 0 Å². The van der Waals surface area contributed by atoms with Crippen molar-refractivity contribution in [3.63, 3.8) is 0 Å². The van der Waals surface area contributed by atoms with Crippen LogP contribution >= 0.6 is 0 Å². The predicted molar refractivity (Wildman–Crippen MR) is 92.3 cm³/mol. The molecule has 0 aliphatic rings. The van der Waals surface area contributed by atoms with E-state index in [1.807, 2.05) is 44.2 Å². The van der Waals surface area contributed by atoms with Crippen molar-refractivity contribution in [2.75, 3.05) is 18.5 Å². The summed E-state index contributed by atoms with van der Waals surface area (Å²) in [6, 6.07) is 13.2. The number of anilines is 1. The van der Waals surface area contributed by atoms with E-state index in [2.05, 4.69) is 12.2 Å². The minimum absolute atomic E-state index is 0.0249. The molecule has 4 nitrogen and oxygen atoms in total. The number of hydrogen-bond acceptors (Lipinski definition) is 3. The van der Waals surface area contributed by atoms with E-state index in [0.717, 1.165) is 29.0 Å². The second-order valence-electron chi connectivity index (χ2n) is 5.42. The molecule has 0 spiro atoms. The van der Waals surface area contributed by atoms with E-state index in [0.29, 0.717) is 12.4 Å². The van der Waals surface area contributed by atoms with Crippen LogP contribution in [0.5, 0.6) is 11.5 Å². The number of nitrogens with one attached hydrogen (secondary N) is 1. The molecule has 23 heavy (non-hydrogen) atoms. The van der Waals surface area contributed by atoms with Gasteiger partial charge < -0.3 is 14.8 Å². The summed E-state index contributed by atoms with van der Waals surface area (Å²) >= 11 is 0. The number of carbonyl (C=O) groups is 1. The van der Waals surface area contributed by atoms with Gasteiger partial charge in [-0.3, -0.25) is 4.79 Å². The number of ether oxygens (including phenoxy) is 2. The van der Waals surface area contributed by atoms with Gasteiger partial charge >= 0.3 is 0 Å². The number of aryl methyl sites for hydroxylation is 2. The van der Waals surface area contributed by atoms with Crippen LogP contribution in [0.25, 0.3) is 0 Å². The topological polar surface area (TPSA) is 47.6 Å². The molecule has 1 N–H and O–H groups in total. The van der Waals surface area contributed by atoms with Crippen LogP contribution in [0, 0.1) is 13.8 Å². The molecule has 2 aromatic rings. The zero-order chi connectivity index (χ0) is 16.7. The number of benzene rings is 2. The van der Waals surface area contributed by atoms with Gasteiger partial charge in [0.2, 0.25) is 0 Å². The molecule has 0 bridgehead atoms. The standard InChI is InChI=1S/C19H23NO3/c1-4-12-22-16-8-10-17(11-9-16)23-13-18(21)20-19-14(2)6-5-7-15(19)3/h5-11H,4,12-13H2,1-3H3,(H,20,21). The first-order valence-corrected chi connectivity index (χ1v) is 7.82. The van der Waals surface area contributed by atoms with Crippen molar-refractivity contribution in [2.45, 2.75) is 27.2 Å². The third-order valence-corrected chi connectivity index (χ3v) is 3.41. The molecule has 4 heteroatoms. The Hall–Kier alpha value is -2.49. The maximum atomic E-state index is 12.0. The summed E-state index contributed by atoms with van der Waals surface area (Å²) in [7, 11) is 0. The second-order valence-corrected chi connectivity index (χ2v) is 5.42. The smallest absolute Gasteiger partial charge is 0.262 e. The molecule has 0 aliphatic carbocycles. The molecule has 1 amide bonds. The zero-order valence-electron chi connectivity index (χ0n) is 13.9. The van der Waals surface area contributed by atoms with Crippen LogP contribution in [0.3, 0.4) is 0 Å². The summed E-state index contributed by atoms with van der Waals surface area (Å²) in [5.41, 5.74) is 2.93. The Morgan fingerprint density at radius 1 is 0.957 bits per heavy atom. The van der Waals surface area contributed by atoms with Gasteiger partial charge in [0.15, 0.2) is 6.61 Å². The molecule has 0 heterocycles. The zero-order valence-corrected chi connectivity index (χ0v) is 13.9. The molecule has 2 aromatic carbocycles. The summed E-state index contributed by atoms with van der Waals surface area (Å²) in [6.45, 7) is 6.67. The lowest BCUT2D eigenvalue weighted by atomic mass is 10.1. The summed E-state index contributed by atoms with van der Waals surface area (Å²) in [4.78, 5) is 12.0. The summed E-state index contributed by atoms with van der Waals surface area (Å²) in [5.74, 6) is 1.28. The first kappa shape index (κ1) is 16.9. The van der Waals surface area contributed by atoms with Crippen LogP contribution in [-0.2, 0) is 4.79 Å². The third kappa shape index (κ3) is 5.02. The SMILES string of the molecule is CCCOc1ccc(OCC(=O)Nc2c(C)cccc2C)cc1. The minimum atomic E-state index is -0.172. The molecule has 0 radical (unpaired) electrons. The number of para-hydroxylation sites is 1. The maximum absolute atomic E-state index is 12.0. The van der Waals surface area contributed by atoms with E-state index in [1.165, 1.54) is 0 Å². The number of rotatable bonds is 7. The molecule has 0 fully saturated rings. The largest absolute Gasteiger partial charge is 0.494 e. The van der Waals surface area contributed by atoms with Crippen molar-refractivity contribution < 1.29 is 14.3 Å². The van der Waals surface area contributed by atoms with E-state index in [-0.39, 0.29) is 12.5 Å². The van der Waals surface area contributed by atoms with Crippen LogP contribution in [0.15, 0.2) is 42.5 Å². The Kier molecular flexibility index (Phi) is 6.03. The van der Waals surface area contributed by atoms with E-state index >= 15 is 0 Å². The van der Waals surface area contributed by atoms with Gasteiger partial charge in [0.05, 0.1) is 6.61 Å². The Labute approximate surface area is 137 Å². The predicted octanol–water partition coefficient (Wildman–Crippen LogP) is 4.11. The van der Waals surface area contributed by atoms with Gasteiger partial charge in [-0.15, -0.1) is 0 Å². The van der Waals surface area contributed by atoms with Crippen LogP contribution in [0.2, 0.25) is 0 Å². The normalized spacial score (nSPS) is 10.2. The van der Waals surface area contributed by atoms with Gasteiger partial charge in [0, 0.05) is 5.69 Å². The lowest BCUT2D eigenvalue weighted by molar-refractivity contribution is -0.118. The second kappa shape index (κ2) is 8.22. The van der Waals surface area contributed by atoms with Crippen molar-refractivity contribution in [3.8, 4) is 11.5 Å². The molecule has 0 atom stereocenters. The highest BCUT2D eigenvalue weighted by Crippen LogP contribution is 2.20. The van der Waals surface area contributed by atoms with Crippen LogP contribution in [0.1, 0.15) is 24.5 Å². The van der Waals surface area contributed by atoms with E-state index < -0.39 is 0 Å². The fourth-order valence-corrected chi connectivity index (χ4v) is 2.19. The van der Waals surface area contributed by atoms with Gasteiger partial charge in [-0.05, 0) is 55.7 Å². The van der Waals surface area contributed by atoms with E-state index in [4.69, 9.17) is 9.47 Å². The van der Waals surface area contributed by atoms with E-state index in [1.54, 1.807) is 12.1 Å². The first-order valence-electron chi connectivity index (χ1n) is 7.82. The molecule has 0 aliphatic heterocycles. The van der Waals surface area contributed by atoms with Crippen LogP contribution in [0.4, 0.5) is 5.69 Å². The first-order chi connectivity index (χ1) is 11.1. The summed E-state index contributed by atoms with van der Waals surface area (Å²) in [6.07, 6.45) is 0.969. The molecule has 0 saturated heterocycles. The highest BCUT2D eigenvalue weighted by atomic mass is 16.5. The van der Waals surface area contributed by atoms with Crippen molar-refractivity contribution in [3.05, 3.63) is 53.6 Å². The van der Waals surface area contributed by atoms with Gasteiger partial charge in [0.1, 0.15) is 11.5 Å². The minimum Gasteiger partial charge on any atom is -0.494 e. The average Bonchev–Trinajstić information content (AvgIpc) is 2.55. The molecule has 0 saturated carbocycles. The maximum Gasteiger partial charge on any atom is 0.262 e. The van der Waals surface area contributed by atoms with Gasteiger partial charge in [-0.25, -0.2) is 0 Å². The number of amides is 1. The molecule has 122 valence electrons. The fourth-order valence-electron chi connectivity index (χ4n) is 2.19. The summed E-state index contributed by atoms with van der Waals surface area (Å²) < 4.78 is 11.0. The Bertz CT molecular complexity index is 630. The molecular weight excluding hydrogens is 290 g/mol. The summed E-state index contributed by atoms with van der Waals surface area (Å²) in [5, 5.41) is 2.90. The number of carbonyl (C=O) groups excluding carboxylic acids is 1. The lowest BCUT2D eigenvalue weighted by Crippen LogP contribution is -2.21. The monoisotopic (exact) mass is 313 g/mol. The van der Waals surface area contributed by atoms with Gasteiger partial charge in [0.25, 0.3) is 5.91 Å².